The predicted octanol–water partition coefficient (Wildman–Crippen LogP) is 5.21. The van der Waals surface area contributed by atoms with E-state index in [-0.39, 0.29) is 11.8 Å². The van der Waals surface area contributed by atoms with Gasteiger partial charge in [-0.05, 0) is 52.6 Å². The zero-order valence-electron chi connectivity index (χ0n) is 21.2. The molecule has 1 N–H and O–H groups in total. The molecule has 0 atom stereocenters. The molecule has 1 fully saturated rings. The van der Waals surface area contributed by atoms with Gasteiger partial charge in [0, 0.05) is 50.3 Å². The summed E-state index contributed by atoms with van der Waals surface area (Å²) in [4.78, 5) is 28.5. The molecule has 1 amide bonds. The highest BCUT2D eigenvalue weighted by molar-refractivity contribution is 7.91. The van der Waals surface area contributed by atoms with E-state index < -0.39 is 17.1 Å². The Morgan fingerprint density at radius 2 is 1.57 bits per heavy atom. The molecular formula is C30H32N2O4S. The Morgan fingerprint density at radius 3 is 2.16 bits per heavy atom. The monoisotopic (exact) mass is 516 g/mol. The first-order valence-corrected chi connectivity index (χ1v) is 13.8. The van der Waals surface area contributed by atoms with Gasteiger partial charge in [-0.15, -0.1) is 0 Å². The van der Waals surface area contributed by atoms with Gasteiger partial charge in [0.15, 0.2) is 0 Å². The Bertz CT molecular complexity index is 1250. The van der Waals surface area contributed by atoms with Crippen molar-refractivity contribution in [2.45, 2.75) is 19.4 Å². The number of anilines is 2. The Hall–Kier alpha value is -3.55. The Labute approximate surface area is 221 Å². The number of carbonyl (C=O) groups is 2. The molecule has 1 heterocycles. The lowest BCUT2D eigenvalue weighted by molar-refractivity contribution is -0.131. The third kappa shape index (κ3) is 7.02. The molecule has 1 aliphatic rings. The summed E-state index contributed by atoms with van der Waals surface area (Å²) >= 11 is -0.847. The molecule has 0 aliphatic carbocycles. The molecule has 37 heavy (non-hydrogen) atoms. The largest absolute Gasteiger partial charge is 0.616 e. The average Bonchev–Trinajstić information content (AvgIpc) is 2.91. The molecule has 7 heteroatoms. The van der Waals surface area contributed by atoms with Crippen molar-refractivity contribution in [1.82, 2.24) is 0 Å². The normalized spacial score (nSPS) is 17.5. The number of nitrogens with zero attached hydrogens (tertiary/aromatic N) is 2. The van der Waals surface area contributed by atoms with Crippen LogP contribution in [0.15, 0.2) is 78.9 Å². The van der Waals surface area contributed by atoms with E-state index in [1.807, 2.05) is 50.5 Å². The van der Waals surface area contributed by atoms with Crippen molar-refractivity contribution in [2.75, 3.05) is 35.4 Å². The number of amides is 1. The van der Waals surface area contributed by atoms with Crippen molar-refractivity contribution >= 4 is 40.5 Å². The van der Waals surface area contributed by atoms with Gasteiger partial charge >= 0.3 is 5.97 Å². The van der Waals surface area contributed by atoms with Crippen LogP contribution in [0.1, 0.15) is 24.0 Å². The second-order valence-electron chi connectivity index (χ2n) is 9.45. The van der Waals surface area contributed by atoms with Crippen LogP contribution in [0.2, 0.25) is 0 Å². The van der Waals surface area contributed by atoms with Crippen LogP contribution in [0, 0.1) is 5.92 Å². The molecule has 6 nitrogen and oxygen atoms in total. The predicted molar refractivity (Wildman–Crippen MR) is 151 cm³/mol. The molecule has 192 valence electrons. The smallest absolute Gasteiger partial charge is 0.328 e. The number of hydrogen-bond acceptors (Lipinski definition) is 4. The van der Waals surface area contributed by atoms with Crippen molar-refractivity contribution in [1.29, 1.82) is 0 Å². The highest BCUT2D eigenvalue weighted by atomic mass is 32.2. The van der Waals surface area contributed by atoms with E-state index in [9.17, 15) is 14.1 Å². The summed E-state index contributed by atoms with van der Waals surface area (Å²) in [5, 5.41) is 8.99. The van der Waals surface area contributed by atoms with E-state index in [4.69, 9.17) is 5.11 Å². The van der Waals surface area contributed by atoms with Gasteiger partial charge in [0.25, 0.3) is 0 Å². The molecular weight excluding hydrogens is 484 g/mol. The molecule has 0 bridgehead atoms. The molecule has 4 rings (SSSR count). The topological polar surface area (TPSA) is 83.9 Å². The molecule has 0 aromatic heterocycles. The van der Waals surface area contributed by atoms with Crippen molar-refractivity contribution in [3.8, 4) is 11.1 Å². The van der Waals surface area contributed by atoms with Gasteiger partial charge in [0.05, 0.1) is 6.54 Å². The third-order valence-electron chi connectivity index (χ3n) is 6.62. The second kappa shape index (κ2) is 12.1. The van der Waals surface area contributed by atoms with Crippen LogP contribution in [0.3, 0.4) is 0 Å². The lowest BCUT2D eigenvalue weighted by atomic mass is 9.99. The highest BCUT2D eigenvalue weighted by Crippen LogP contribution is 2.28. The molecule has 0 spiro atoms. The van der Waals surface area contributed by atoms with E-state index in [1.165, 1.54) is 6.08 Å². The molecule has 0 radical (unpaired) electrons. The Balaban J connectivity index is 1.59. The Kier molecular flexibility index (Phi) is 8.69. The lowest BCUT2D eigenvalue weighted by Gasteiger charge is -2.30. The first-order chi connectivity index (χ1) is 17.8. The lowest BCUT2D eigenvalue weighted by Crippen LogP contribution is -2.39. The number of rotatable bonds is 8. The van der Waals surface area contributed by atoms with Crippen LogP contribution in [0.5, 0.6) is 0 Å². The minimum absolute atomic E-state index is 0.0133. The van der Waals surface area contributed by atoms with E-state index in [1.54, 1.807) is 4.90 Å². The van der Waals surface area contributed by atoms with Gasteiger partial charge in [0.1, 0.15) is 11.5 Å². The van der Waals surface area contributed by atoms with E-state index in [2.05, 4.69) is 41.3 Å². The molecule has 3 aromatic rings. The van der Waals surface area contributed by atoms with Crippen molar-refractivity contribution < 1.29 is 19.2 Å². The van der Waals surface area contributed by atoms with E-state index in [0.717, 1.165) is 28.5 Å². The number of carbonyl (C=O) groups excluding carboxylic acids is 1. The zero-order valence-corrected chi connectivity index (χ0v) is 22.0. The first kappa shape index (κ1) is 26.5. The number of carboxylic acid groups (broad SMARTS) is 1. The van der Waals surface area contributed by atoms with E-state index in [0.29, 0.717) is 42.1 Å². The van der Waals surface area contributed by atoms with Gasteiger partial charge in [0.2, 0.25) is 5.91 Å². The summed E-state index contributed by atoms with van der Waals surface area (Å²) in [6, 6.07) is 23.9. The number of hydrogen-bond donors (Lipinski definition) is 1. The maximum atomic E-state index is 13.7. The van der Waals surface area contributed by atoms with Gasteiger partial charge in [-0.2, -0.15) is 0 Å². The van der Waals surface area contributed by atoms with Crippen LogP contribution in [0.4, 0.5) is 11.4 Å². The molecule has 1 aliphatic heterocycles. The van der Waals surface area contributed by atoms with Crippen LogP contribution in [-0.4, -0.2) is 47.1 Å². The van der Waals surface area contributed by atoms with Crippen molar-refractivity contribution in [3.05, 3.63) is 90.0 Å². The molecule has 3 aromatic carbocycles. The van der Waals surface area contributed by atoms with Crippen LogP contribution >= 0.6 is 0 Å². The SMILES string of the molecule is CN(C)c1ccc(-c2ccc(CN(C(=O)C3CC[S+]([O-])CC3)c3cccc(C=CC(=O)O)c3)cc2)cc1. The molecule has 0 unspecified atom stereocenters. The minimum atomic E-state index is -1.02. The maximum Gasteiger partial charge on any atom is 0.328 e. The van der Waals surface area contributed by atoms with Gasteiger partial charge < -0.3 is 19.5 Å². The number of benzene rings is 3. The van der Waals surface area contributed by atoms with Gasteiger partial charge in [-0.25, -0.2) is 4.79 Å². The third-order valence-corrected chi connectivity index (χ3v) is 8.00. The number of carboxylic acids is 1. The number of aliphatic carboxylic acids is 1. The average molecular weight is 517 g/mol. The van der Waals surface area contributed by atoms with Gasteiger partial charge in [-0.3, -0.25) is 4.79 Å². The fraction of sp³-hybridized carbons (Fsp3) is 0.267. The van der Waals surface area contributed by atoms with Crippen LogP contribution in [0.25, 0.3) is 17.2 Å². The Morgan fingerprint density at radius 1 is 0.946 bits per heavy atom. The van der Waals surface area contributed by atoms with Crippen molar-refractivity contribution in [2.24, 2.45) is 5.92 Å². The summed E-state index contributed by atoms with van der Waals surface area (Å²) < 4.78 is 11.9. The van der Waals surface area contributed by atoms with Crippen molar-refractivity contribution in [3.63, 3.8) is 0 Å². The molecule has 0 saturated carbocycles. The first-order valence-electron chi connectivity index (χ1n) is 12.3. The summed E-state index contributed by atoms with van der Waals surface area (Å²) in [5.41, 5.74) is 5.78. The van der Waals surface area contributed by atoms with Crippen LogP contribution < -0.4 is 9.80 Å². The fourth-order valence-corrected chi connectivity index (χ4v) is 5.76. The standard InChI is InChI=1S/C30H32N2O4S/c1-31(2)27-13-11-25(12-14-27)24-9-6-23(7-10-24)21-32(30(35)26-16-18-37(36)19-17-26)28-5-3-4-22(20-28)8-15-29(33)34/h3-15,20,26H,16-19,21H2,1-2H3,(H,33,34). The quantitative estimate of drug-likeness (QED) is 0.328. The minimum Gasteiger partial charge on any atom is -0.616 e. The summed E-state index contributed by atoms with van der Waals surface area (Å²) in [6.07, 6.45) is 3.84. The zero-order chi connectivity index (χ0) is 26.4. The fourth-order valence-electron chi connectivity index (χ4n) is 4.46. The second-order valence-corrected chi connectivity index (χ2v) is 11.1. The summed E-state index contributed by atoms with van der Waals surface area (Å²) in [5.74, 6) is -0.0883. The molecule has 1 saturated heterocycles. The maximum absolute atomic E-state index is 13.7. The van der Waals surface area contributed by atoms with Gasteiger partial charge in [-0.1, -0.05) is 59.7 Å². The van der Waals surface area contributed by atoms with Crippen LogP contribution in [-0.2, 0) is 27.3 Å². The highest BCUT2D eigenvalue weighted by Gasteiger charge is 2.31. The van der Waals surface area contributed by atoms with E-state index >= 15 is 0 Å². The summed E-state index contributed by atoms with van der Waals surface area (Å²) in [7, 11) is 4.03. The summed E-state index contributed by atoms with van der Waals surface area (Å²) in [6.45, 7) is 0.393.